The first-order chi connectivity index (χ1) is 6.13. The Morgan fingerprint density at radius 2 is 2.15 bits per heavy atom. The van der Waals surface area contributed by atoms with E-state index in [1.807, 2.05) is 13.0 Å². The molecule has 1 N–H and O–H groups in total. The van der Waals surface area contributed by atoms with Crippen molar-refractivity contribution in [3.63, 3.8) is 0 Å². The molecular formula is C10H13N3. The van der Waals surface area contributed by atoms with Gasteiger partial charge in [0.25, 0.3) is 0 Å². The predicted molar refractivity (Wildman–Crippen MR) is 52.4 cm³/mol. The summed E-state index contributed by atoms with van der Waals surface area (Å²) in [7, 11) is 0. The molecule has 1 aromatic heterocycles. The van der Waals surface area contributed by atoms with Crippen LogP contribution in [0.5, 0.6) is 0 Å². The molecule has 0 fully saturated rings. The third-order valence-electron chi connectivity index (χ3n) is 1.64. The molecule has 1 heterocycles. The van der Waals surface area contributed by atoms with Gasteiger partial charge < -0.3 is 5.32 Å². The second-order valence-corrected chi connectivity index (χ2v) is 3.24. The molecule has 1 rings (SSSR count). The lowest BCUT2D eigenvalue weighted by Gasteiger charge is -2.09. The first-order valence-electron chi connectivity index (χ1n) is 4.27. The maximum atomic E-state index is 8.68. The minimum atomic E-state index is 0.361. The van der Waals surface area contributed by atoms with Crippen molar-refractivity contribution in [1.82, 2.24) is 4.98 Å². The molecule has 0 spiro atoms. The summed E-state index contributed by atoms with van der Waals surface area (Å²) in [6, 6.07) is 6.06. The Kier molecular flexibility index (Phi) is 2.86. The number of hydrogen-bond donors (Lipinski definition) is 1. The second kappa shape index (κ2) is 3.90. The lowest BCUT2D eigenvalue weighted by Crippen LogP contribution is -2.11. The van der Waals surface area contributed by atoms with E-state index < -0.39 is 0 Å². The van der Waals surface area contributed by atoms with Crippen molar-refractivity contribution in [1.29, 1.82) is 5.26 Å². The van der Waals surface area contributed by atoms with Crippen LogP contribution in [0.25, 0.3) is 0 Å². The monoisotopic (exact) mass is 175 g/mol. The molecule has 13 heavy (non-hydrogen) atoms. The van der Waals surface area contributed by atoms with Crippen molar-refractivity contribution in [3.05, 3.63) is 23.4 Å². The Labute approximate surface area is 78.4 Å². The summed E-state index contributed by atoms with van der Waals surface area (Å²) in [4.78, 5) is 4.25. The number of nitrogens with zero attached hydrogens (tertiary/aromatic N) is 2. The summed E-state index contributed by atoms with van der Waals surface area (Å²) in [5.74, 6) is 0.825. The molecule has 0 aliphatic rings. The van der Waals surface area contributed by atoms with Crippen LogP contribution in [0.2, 0.25) is 0 Å². The van der Waals surface area contributed by atoms with Gasteiger partial charge in [0.1, 0.15) is 11.9 Å². The number of hydrogen-bond acceptors (Lipinski definition) is 3. The number of nitrogens with one attached hydrogen (secondary N) is 1. The van der Waals surface area contributed by atoms with Crippen LogP contribution in [-0.4, -0.2) is 11.0 Å². The van der Waals surface area contributed by atoms with Crippen molar-refractivity contribution < 1.29 is 0 Å². The molecule has 0 bridgehead atoms. The van der Waals surface area contributed by atoms with Gasteiger partial charge in [0.05, 0.1) is 11.3 Å². The predicted octanol–water partition coefficient (Wildman–Crippen LogP) is 2.08. The van der Waals surface area contributed by atoms with Crippen LogP contribution in [0.4, 0.5) is 5.82 Å². The summed E-state index contributed by atoms with van der Waals surface area (Å²) in [5, 5.41) is 11.9. The van der Waals surface area contributed by atoms with Gasteiger partial charge >= 0.3 is 0 Å². The third-order valence-corrected chi connectivity index (χ3v) is 1.64. The Morgan fingerprint density at radius 1 is 1.46 bits per heavy atom. The fraction of sp³-hybridized carbons (Fsp3) is 0.400. The second-order valence-electron chi connectivity index (χ2n) is 3.24. The number of aromatic nitrogens is 1. The normalized spacial score (nSPS) is 9.77. The smallest absolute Gasteiger partial charge is 0.126 e. The Hall–Kier alpha value is -1.56. The fourth-order valence-electron chi connectivity index (χ4n) is 1.06. The van der Waals surface area contributed by atoms with E-state index in [4.69, 9.17) is 5.26 Å². The molecule has 3 nitrogen and oxygen atoms in total. The molecule has 0 aliphatic heterocycles. The molecular weight excluding hydrogens is 162 g/mol. The van der Waals surface area contributed by atoms with Crippen molar-refractivity contribution in [2.75, 3.05) is 5.32 Å². The fourth-order valence-corrected chi connectivity index (χ4v) is 1.06. The molecule has 0 aliphatic carbocycles. The zero-order chi connectivity index (χ0) is 9.84. The zero-order valence-electron chi connectivity index (χ0n) is 8.13. The maximum absolute atomic E-state index is 8.68. The van der Waals surface area contributed by atoms with Crippen molar-refractivity contribution in [3.8, 4) is 6.07 Å². The van der Waals surface area contributed by atoms with Crippen LogP contribution in [0, 0.1) is 18.3 Å². The maximum Gasteiger partial charge on any atom is 0.126 e. The minimum Gasteiger partial charge on any atom is -0.368 e. The number of aryl methyl sites for hydroxylation is 1. The molecule has 3 heteroatoms. The molecule has 0 saturated carbocycles. The largest absolute Gasteiger partial charge is 0.368 e. The Morgan fingerprint density at radius 3 is 2.62 bits per heavy atom. The Balaban J connectivity index is 2.91. The first kappa shape index (κ1) is 9.53. The van der Waals surface area contributed by atoms with E-state index in [1.54, 1.807) is 6.07 Å². The summed E-state index contributed by atoms with van der Waals surface area (Å²) in [6.45, 7) is 5.94. The molecule has 0 atom stereocenters. The summed E-state index contributed by atoms with van der Waals surface area (Å²) in [6.07, 6.45) is 0. The first-order valence-corrected chi connectivity index (χ1v) is 4.27. The van der Waals surface area contributed by atoms with Crippen LogP contribution in [0.1, 0.15) is 25.1 Å². The minimum absolute atomic E-state index is 0.361. The number of rotatable bonds is 2. The SMILES string of the molecule is Cc1nc(NC(C)C)ccc1C#N. The highest BCUT2D eigenvalue weighted by Gasteiger charge is 2.01. The van der Waals surface area contributed by atoms with Crippen molar-refractivity contribution in [2.45, 2.75) is 26.8 Å². The van der Waals surface area contributed by atoms with Gasteiger partial charge in [-0.3, -0.25) is 0 Å². The van der Waals surface area contributed by atoms with E-state index >= 15 is 0 Å². The van der Waals surface area contributed by atoms with E-state index in [0.717, 1.165) is 11.5 Å². The lowest BCUT2D eigenvalue weighted by atomic mass is 10.2. The lowest BCUT2D eigenvalue weighted by molar-refractivity contribution is 0.886. The molecule has 68 valence electrons. The summed E-state index contributed by atoms with van der Waals surface area (Å²) in [5.41, 5.74) is 1.41. The molecule has 0 radical (unpaired) electrons. The molecule has 0 amide bonds. The highest BCUT2D eigenvalue weighted by Crippen LogP contribution is 2.09. The van der Waals surface area contributed by atoms with Crippen molar-refractivity contribution in [2.24, 2.45) is 0 Å². The Bertz CT molecular complexity index is 337. The van der Waals surface area contributed by atoms with E-state index in [2.05, 4.69) is 30.2 Å². The molecule has 0 unspecified atom stereocenters. The van der Waals surface area contributed by atoms with Gasteiger partial charge in [0.2, 0.25) is 0 Å². The standard InChI is InChI=1S/C10H13N3/c1-7(2)12-10-5-4-9(6-11)8(3)13-10/h4-5,7H,1-3H3,(H,12,13). The van der Waals surface area contributed by atoms with Gasteiger partial charge in [0.15, 0.2) is 0 Å². The van der Waals surface area contributed by atoms with E-state index in [9.17, 15) is 0 Å². The van der Waals surface area contributed by atoms with Crippen molar-refractivity contribution >= 4 is 5.82 Å². The highest BCUT2D eigenvalue weighted by molar-refractivity contribution is 5.43. The average molecular weight is 175 g/mol. The molecule has 0 aromatic carbocycles. The van der Waals surface area contributed by atoms with Crippen LogP contribution >= 0.6 is 0 Å². The number of nitriles is 1. The van der Waals surface area contributed by atoms with Crippen LogP contribution in [-0.2, 0) is 0 Å². The van der Waals surface area contributed by atoms with Crippen LogP contribution in [0.15, 0.2) is 12.1 Å². The van der Waals surface area contributed by atoms with Gasteiger partial charge in [0, 0.05) is 6.04 Å². The quantitative estimate of drug-likeness (QED) is 0.748. The van der Waals surface area contributed by atoms with E-state index in [1.165, 1.54) is 0 Å². The van der Waals surface area contributed by atoms with Gasteiger partial charge in [-0.05, 0) is 32.9 Å². The average Bonchev–Trinajstić information content (AvgIpc) is 2.03. The van der Waals surface area contributed by atoms with Gasteiger partial charge in [-0.2, -0.15) is 5.26 Å². The third kappa shape index (κ3) is 2.45. The van der Waals surface area contributed by atoms with Gasteiger partial charge in [-0.1, -0.05) is 0 Å². The number of anilines is 1. The summed E-state index contributed by atoms with van der Waals surface area (Å²) >= 11 is 0. The van der Waals surface area contributed by atoms with E-state index in [-0.39, 0.29) is 0 Å². The zero-order valence-corrected chi connectivity index (χ0v) is 8.13. The molecule has 0 saturated heterocycles. The van der Waals surface area contributed by atoms with Gasteiger partial charge in [-0.25, -0.2) is 4.98 Å². The highest BCUT2D eigenvalue weighted by atomic mass is 15.0. The van der Waals surface area contributed by atoms with Crippen LogP contribution < -0.4 is 5.32 Å². The molecule has 1 aromatic rings. The number of pyridine rings is 1. The van der Waals surface area contributed by atoms with Crippen LogP contribution in [0.3, 0.4) is 0 Å². The van der Waals surface area contributed by atoms with E-state index in [0.29, 0.717) is 11.6 Å². The topological polar surface area (TPSA) is 48.7 Å². The summed E-state index contributed by atoms with van der Waals surface area (Å²) < 4.78 is 0. The van der Waals surface area contributed by atoms with Gasteiger partial charge in [-0.15, -0.1) is 0 Å².